The molecule has 1 fully saturated rings. The van der Waals surface area contributed by atoms with E-state index in [1.165, 1.54) is 5.56 Å². The van der Waals surface area contributed by atoms with Gasteiger partial charge in [0.15, 0.2) is 0 Å². The van der Waals surface area contributed by atoms with E-state index >= 15 is 0 Å². The van der Waals surface area contributed by atoms with Crippen molar-refractivity contribution in [1.29, 1.82) is 0 Å². The number of amides is 1. The van der Waals surface area contributed by atoms with E-state index in [4.69, 9.17) is 4.98 Å². The van der Waals surface area contributed by atoms with Gasteiger partial charge in [0.05, 0.1) is 0 Å². The van der Waals surface area contributed by atoms with Gasteiger partial charge < -0.3 is 0 Å². The highest BCUT2D eigenvalue weighted by atomic mass is 32.1. The molecule has 1 aliphatic heterocycles. The number of nitrogens with zero attached hydrogens (tertiary/aromatic N) is 4. The summed E-state index contributed by atoms with van der Waals surface area (Å²) in [7, 11) is 0. The number of aryl methyl sites for hydroxylation is 1. The van der Waals surface area contributed by atoms with E-state index in [1.54, 1.807) is 24.5 Å². The molecule has 1 saturated heterocycles. The number of likely N-dealkylation sites (tertiary alicyclic amines) is 1. The Morgan fingerprint density at radius 3 is 2.52 bits per heavy atom. The van der Waals surface area contributed by atoms with Gasteiger partial charge in [-0.2, -0.15) is 0 Å². The topological polar surface area (TPSA) is 49.3 Å². The van der Waals surface area contributed by atoms with Crippen LogP contribution in [0.25, 0.3) is 0 Å². The minimum absolute atomic E-state index is 0.0600. The van der Waals surface area contributed by atoms with Crippen molar-refractivity contribution in [2.45, 2.75) is 38.8 Å². The van der Waals surface area contributed by atoms with Crippen LogP contribution in [0.3, 0.4) is 0 Å². The highest BCUT2D eigenvalue weighted by molar-refractivity contribution is 7.09. The molecule has 0 saturated carbocycles. The summed E-state index contributed by atoms with van der Waals surface area (Å²) in [6.07, 6.45) is 5.45. The standard InChI is InChI=1S/C23H26N4OS/c1-18-17-29-22(25-18)23(27(19(2)28)21-8-4-3-5-9-21)10-13-26(14-11-23)16-20-7-6-12-24-15-20/h3-9,12,15,17H,10-11,13-14,16H2,1-2H3. The molecule has 29 heavy (non-hydrogen) atoms. The number of thiazole rings is 1. The van der Waals surface area contributed by atoms with Crippen molar-refractivity contribution >= 4 is 22.9 Å². The summed E-state index contributed by atoms with van der Waals surface area (Å²) >= 11 is 1.67. The van der Waals surface area contributed by atoms with E-state index in [0.29, 0.717) is 0 Å². The van der Waals surface area contributed by atoms with Crippen molar-refractivity contribution in [3.8, 4) is 0 Å². The van der Waals surface area contributed by atoms with Crippen LogP contribution in [-0.4, -0.2) is 33.9 Å². The molecule has 4 rings (SSSR count). The first-order valence-electron chi connectivity index (χ1n) is 9.98. The highest BCUT2D eigenvalue weighted by Crippen LogP contribution is 2.43. The van der Waals surface area contributed by atoms with Crippen molar-refractivity contribution in [3.63, 3.8) is 0 Å². The maximum Gasteiger partial charge on any atom is 0.224 e. The summed E-state index contributed by atoms with van der Waals surface area (Å²) in [4.78, 5) is 26.4. The molecule has 0 bridgehead atoms. The predicted molar refractivity (Wildman–Crippen MR) is 117 cm³/mol. The van der Waals surface area contributed by atoms with E-state index < -0.39 is 5.54 Å². The molecule has 0 atom stereocenters. The molecule has 3 heterocycles. The first kappa shape index (κ1) is 19.7. The Morgan fingerprint density at radius 1 is 1.17 bits per heavy atom. The number of aromatic nitrogens is 2. The van der Waals surface area contributed by atoms with Gasteiger partial charge in [-0.15, -0.1) is 11.3 Å². The van der Waals surface area contributed by atoms with Gasteiger partial charge in [0.25, 0.3) is 0 Å². The number of hydrogen-bond donors (Lipinski definition) is 0. The van der Waals surface area contributed by atoms with E-state index in [0.717, 1.165) is 48.9 Å². The van der Waals surface area contributed by atoms with E-state index in [2.05, 4.69) is 21.3 Å². The number of anilines is 1. The molecule has 1 amide bonds. The molecule has 6 heteroatoms. The third-order valence-corrected chi connectivity index (χ3v) is 6.74. The molecule has 1 aliphatic rings. The molecule has 150 valence electrons. The normalized spacial score (nSPS) is 16.5. The van der Waals surface area contributed by atoms with Gasteiger partial charge in [0.2, 0.25) is 5.91 Å². The van der Waals surface area contributed by atoms with Crippen LogP contribution in [0, 0.1) is 6.92 Å². The van der Waals surface area contributed by atoms with Crippen LogP contribution >= 0.6 is 11.3 Å². The van der Waals surface area contributed by atoms with Crippen molar-refractivity contribution in [2.24, 2.45) is 0 Å². The molecule has 0 aliphatic carbocycles. The van der Waals surface area contributed by atoms with Crippen LogP contribution in [0.15, 0.2) is 60.2 Å². The maximum absolute atomic E-state index is 12.9. The van der Waals surface area contributed by atoms with E-state index in [1.807, 2.05) is 54.4 Å². The van der Waals surface area contributed by atoms with E-state index in [-0.39, 0.29) is 5.91 Å². The number of piperidine rings is 1. The molecule has 5 nitrogen and oxygen atoms in total. The lowest BCUT2D eigenvalue weighted by Gasteiger charge is -2.47. The summed E-state index contributed by atoms with van der Waals surface area (Å²) in [6, 6.07) is 14.1. The smallest absolute Gasteiger partial charge is 0.224 e. The summed E-state index contributed by atoms with van der Waals surface area (Å²) in [5.74, 6) is 0.0600. The fraction of sp³-hybridized carbons (Fsp3) is 0.348. The van der Waals surface area contributed by atoms with Crippen LogP contribution in [0.1, 0.15) is 36.0 Å². The van der Waals surface area contributed by atoms with Gasteiger partial charge in [-0.3, -0.25) is 19.6 Å². The molecule has 1 aromatic carbocycles. The monoisotopic (exact) mass is 406 g/mol. The summed E-state index contributed by atoms with van der Waals surface area (Å²) in [5.41, 5.74) is 2.77. The van der Waals surface area contributed by atoms with Crippen LogP contribution in [0.5, 0.6) is 0 Å². The Kier molecular flexibility index (Phi) is 5.74. The lowest BCUT2D eigenvalue weighted by molar-refractivity contribution is -0.118. The first-order chi connectivity index (χ1) is 14.1. The molecule has 0 spiro atoms. The van der Waals surface area contributed by atoms with Gasteiger partial charge in [-0.1, -0.05) is 24.3 Å². The van der Waals surface area contributed by atoms with Crippen molar-refractivity contribution < 1.29 is 4.79 Å². The van der Waals surface area contributed by atoms with Gasteiger partial charge in [-0.25, -0.2) is 4.98 Å². The minimum atomic E-state index is -0.405. The molecular formula is C23H26N4OS. The zero-order valence-electron chi connectivity index (χ0n) is 16.9. The second kappa shape index (κ2) is 8.43. The molecule has 2 aromatic heterocycles. The average molecular weight is 407 g/mol. The third-order valence-electron chi connectivity index (χ3n) is 5.59. The summed E-state index contributed by atoms with van der Waals surface area (Å²) < 4.78 is 0. The Balaban J connectivity index is 1.65. The van der Waals surface area contributed by atoms with Gasteiger partial charge in [0, 0.05) is 55.7 Å². The number of pyridine rings is 1. The molecule has 0 unspecified atom stereocenters. The lowest BCUT2D eigenvalue weighted by atomic mass is 9.85. The summed E-state index contributed by atoms with van der Waals surface area (Å²) in [5, 5.41) is 3.12. The number of carbonyl (C=O) groups is 1. The molecule has 0 N–H and O–H groups in total. The second-order valence-electron chi connectivity index (χ2n) is 7.65. The number of hydrogen-bond acceptors (Lipinski definition) is 5. The minimum Gasteiger partial charge on any atom is -0.300 e. The van der Waals surface area contributed by atoms with Gasteiger partial charge in [0.1, 0.15) is 10.5 Å². The molecular weight excluding hydrogens is 380 g/mol. The average Bonchev–Trinajstić information content (AvgIpc) is 3.18. The van der Waals surface area contributed by atoms with Crippen LogP contribution < -0.4 is 4.90 Å². The van der Waals surface area contributed by atoms with Crippen molar-refractivity contribution in [2.75, 3.05) is 18.0 Å². The number of rotatable bonds is 5. The SMILES string of the molecule is CC(=O)N(c1ccccc1)C1(c2nc(C)cs2)CCN(Cc2cccnc2)CC1. The predicted octanol–water partition coefficient (Wildman–Crippen LogP) is 4.39. The Hall–Kier alpha value is -2.57. The molecule has 3 aromatic rings. The van der Waals surface area contributed by atoms with Crippen LogP contribution in [0.4, 0.5) is 5.69 Å². The zero-order chi connectivity index (χ0) is 20.3. The molecule has 0 radical (unpaired) electrons. The zero-order valence-corrected chi connectivity index (χ0v) is 17.7. The van der Waals surface area contributed by atoms with Crippen molar-refractivity contribution in [3.05, 3.63) is 76.5 Å². The number of benzene rings is 1. The Labute approximate surface area is 176 Å². The fourth-order valence-corrected chi connectivity index (χ4v) is 5.29. The lowest BCUT2D eigenvalue weighted by Crippen LogP contribution is -2.55. The maximum atomic E-state index is 12.9. The number of para-hydroxylation sites is 1. The fourth-order valence-electron chi connectivity index (χ4n) is 4.24. The Bertz CT molecular complexity index is 949. The van der Waals surface area contributed by atoms with Crippen molar-refractivity contribution in [1.82, 2.24) is 14.9 Å². The van der Waals surface area contributed by atoms with Gasteiger partial charge >= 0.3 is 0 Å². The highest BCUT2D eigenvalue weighted by Gasteiger charge is 2.45. The van der Waals surface area contributed by atoms with E-state index in [9.17, 15) is 4.79 Å². The number of carbonyl (C=O) groups excluding carboxylic acids is 1. The quantitative estimate of drug-likeness (QED) is 0.630. The summed E-state index contributed by atoms with van der Waals surface area (Å²) in [6.45, 7) is 6.38. The largest absolute Gasteiger partial charge is 0.300 e. The van der Waals surface area contributed by atoms with Crippen LogP contribution in [0.2, 0.25) is 0 Å². The Morgan fingerprint density at radius 2 is 1.93 bits per heavy atom. The third kappa shape index (κ3) is 4.09. The first-order valence-corrected chi connectivity index (χ1v) is 10.9. The van der Waals surface area contributed by atoms with Crippen LogP contribution in [-0.2, 0) is 16.9 Å². The van der Waals surface area contributed by atoms with Gasteiger partial charge in [-0.05, 0) is 43.5 Å². The second-order valence-corrected chi connectivity index (χ2v) is 8.51.